The molecule has 0 saturated heterocycles. The van der Waals surface area contributed by atoms with E-state index in [2.05, 4.69) is 41.9 Å². The first-order valence-corrected chi connectivity index (χ1v) is 6.99. The van der Waals surface area contributed by atoms with Crippen LogP contribution in [-0.4, -0.2) is 24.7 Å². The SMILES string of the molecule is C=C1CSc2ccc(C)cc2N1CCNC(C)=O. The molecule has 96 valence electrons. The van der Waals surface area contributed by atoms with Crippen molar-refractivity contribution in [2.75, 3.05) is 23.7 Å². The Morgan fingerprint density at radius 3 is 3.06 bits per heavy atom. The van der Waals surface area contributed by atoms with Crippen LogP contribution in [0.5, 0.6) is 0 Å². The van der Waals surface area contributed by atoms with Crippen molar-refractivity contribution in [3.63, 3.8) is 0 Å². The van der Waals surface area contributed by atoms with Gasteiger partial charge in [-0.25, -0.2) is 0 Å². The molecule has 1 N–H and O–H groups in total. The Morgan fingerprint density at radius 2 is 2.33 bits per heavy atom. The van der Waals surface area contributed by atoms with Crippen LogP contribution in [0.3, 0.4) is 0 Å². The van der Waals surface area contributed by atoms with Crippen LogP contribution < -0.4 is 10.2 Å². The van der Waals surface area contributed by atoms with Crippen LogP contribution in [0.4, 0.5) is 5.69 Å². The van der Waals surface area contributed by atoms with Gasteiger partial charge in [-0.2, -0.15) is 0 Å². The summed E-state index contributed by atoms with van der Waals surface area (Å²) in [5.74, 6) is 0.923. The zero-order valence-corrected chi connectivity index (χ0v) is 11.6. The molecule has 0 spiro atoms. The van der Waals surface area contributed by atoms with Crippen molar-refractivity contribution in [1.29, 1.82) is 0 Å². The molecule has 0 saturated carbocycles. The molecule has 1 aromatic carbocycles. The standard InChI is InChI=1S/C14H18N2OS/c1-10-4-5-14-13(8-10)16(11(2)9-18-14)7-6-15-12(3)17/h4-5,8H,2,6-7,9H2,1,3H3,(H,15,17). The van der Waals surface area contributed by atoms with Gasteiger partial charge in [0.15, 0.2) is 0 Å². The zero-order chi connectivity index (χ0) is 13.1. The maximum Gasteiger partial charge on any atom is 0.216 e. The molecule has 0 aromatic heterocycles. The number of nitrogens with zero attached hydrogens (tertiary/aromatic N) is 1. The number of hydrogen-bond acceptors (Lipinski definition) is 3. The number of thioether (sulfide) groups is 1. The molecule has 1 amide bonds. The molecule has 1 aliphatic rings. The summed E-state index contributed by atoms with van der Waals surface area (Å²) in [4.78, 5) is 14.4. The molecular weight excluding hydrogens is 244 g/mol. The van der Waals surface area contributed by atoms with E-state index in [4.69, 9.17) is 0 Å². The first-order chi connectivity index (χ1) is 8.58. The third kappa shape index (κ3) is 2.88. The predicted molar refractivity (Wildman–Crippen MR) is 77.1 cm³/mol. The van der Waals surface area contributed by atoms with Gasteiger partial charge in [-0.3, -0.25) is 4.79 Å². The fraction of sp³-hybridized carbons (Fsp3) is 0.357. The first kappa shape index (κ1) is 13.0. The quantitative estimate of drug-likeness (QED) is 0.908. The minimum atomic E-state index is 0.0106. The number of hydrogen-bond donors (Lipinski definition) is 1. The van der Waals surface area contributed by atoms with Gasteiger partial charge in [-0.1, -0.05) is 12.6 Å². The van der Waals surface area contributed by atoms with Gasteiger partial charge in [0.05, 0.1) is 5.69 Å². The molecule has 0 bridgehead atoms. The minimum absolute atomic E-state index is 0.0106. The summed E-state index contributed by atoms with van der Waals surface area (Å²) >= 11 is 1.82. The maximum atomic E-state index is 10.9. The lowest BCUT2D eigenvalue weighted by molar-refractivity contribution is -0.118. The van der Waals surface area contributed by atoms with Gasteiger partial charge < -0.3 is 10.2 Å². The van der Waals surface area contributed by atoms with Crippen LogP contribution in [-0.2, 0) is 4.79 Å². The molecule has 0 radical (unpaired) electrons. The number of rotatable bonds is 3. The van der Waals surface area contributed by atoms with Gasteiger partial charge in [0.1, 0.15) is 0 Å². The second-order valence-corrected chi connectivity index (χ2v) is 5.48. The Balaban J connectivity index is 2.16. The van der Waals surface area contributed by atoms with Gasteiger partial charge in [0, 0.05) is 36.4 Å². The van der Waals surface area contributed by atoms with Gasteiger partial charge in [0.25, 0.3) is 0 Å². The molecule has 1 aromatic rings. The highest BCUT2D eigenvalue weighted by molar-refractivity contribution is 7.99. The Labute approximate surface area is 112 Å². The van der Waals surface area contributed by atoms with E-state index in [-0.39, 0.29) is 5.91 Å². The van der Waals surface area contributed by atoms with E-state index in [1.165, 1.54) is 16.1 Å². The third-order valence-electron chi connectivity index (χ3n) is 2.89. The van der Waals surface area contributed by atoms with E-state index in [0.717, 1.165) is 18.0 Å². The summed E-state index contributed by atoms with van der Waals surface area (Å²) in [6.45, 7) is 9.17. The van der Waals surface area contributed by atoms with E-state index in [0.29, 0.717) is 6.54 Å². The smallest absolute Gasteiger partial charge is 0.216 e. The number of benzene rings is 1. The molecule has 1 aliphatic heterocycles. The largest absolute Gasteiger partial charge is 0.355 e. The number of carbonyl (C=O) groups excluding carboxylic acids is 1. The number of fused-ring (bicyclic) bond motifs is 1. The summed E-state index contributed by atoms with van der Waals surface area (Å²) in [6, 6.07) is 6.47. The van der Waals surface area contributed by atoms with Crippen LogP contribution in [0, 0.1) is 6.92 Å². The van der Waals surface area contributed by atoms with Crippen LogP contribution in [0.25, 0.3) is 0 Å². The number of nitrogens with one attached hydrogen (secondary N) is 1. The number of carbonyl (C=O) groups is 1. The van der Waals surface area contributed by atoms with Crippen molar-refractivity contribution in [2.45, 2.75) is 18.7 Å². The average molecular weight is 262 g/mol. The lowest BCUT2D eigenvalue weighted by atomic mass is 10.2. The third-order valence-corrected chi connectivity index (χ3v) is 4.02. The van der Waals surface area contributed by atoms with Crippen molar-refractivity contribution in [3.8, 4) is 0 Å². The van der Waals surface area contributed by atoms with Crippen molar-refractivity contribution in [2.24, 2.45) is 0 Å². The minimum Gasteiger partial charge on any atom is -0.355 e. The molecule has 0 fully saturated rings. The van der Waals surface area contributed by atoms with Crippen molar-refractivity contribution >= 4 is 23.4 Å². The Bertz CT molecular complexity index is 485. The highest BCUT2D eigenvalue weighted by Gasteiger charge is 2.20. The molecule has 2 rings (SSSR count). The fourth-order valence-corrected chi connectivity index (χ4v) is 2.95. The van der Waals surface area contributed by atoms with E-state index < -0.39 is 0 Å². The second-order valence-electron chi connectivity index (χ2n) is 4.46. The Kier molecular flexibility index (Phi) is 3.97. The van der Waals surface area contributed by atoms with E-state index in [1.807, 2.05) is 11.8 Å². The highest BCUT2D eigenvalue weighted by atomic mass is 32.2. The summed E-state index contributed by atoms with van der Waals surface area (Å²) < 4.78 is 0. The van der Waals surface area contributed by atoms with Crippen molar-refractivity contribution in [1.82, 2.24) is 5.32 Å². The molecule has 4 heteroatoms. The lowest BCUT2D eigenvalue weighted by Gasteiger charge is -2.33. The highest BCUT2D eigenvalue weighted by Crippen LogP contribution is 2.38. The van der Waals surface area contributed by atoms with Crippen LogP contribution in [0.2, 0.25) is 0 Å². The Hall–Kier alpha value is -1.42. The monoisotopic (exact) mass is 262 g/mol. The summed E-state index contributed by atoms with van der Waals surface area (Å²) in [5, 5.41) is 2.83. The summed E-state index contributed by atoms with van der Waals surface area (Å²) in [7, 11) is 0. The zero-order valence-electron chi connectivity index (χ0n) is 10.8. The molecule has 18 heavy (non-hydrogen) atoms. The van der Waals surface area contributed by atoms with Gasteiger partial charge in [0.2, 0.25) is 5.91 Å². The number of aryl methyl sites for hydroxylation is 1. The number of anilines is 1. The van der Waals surface area contributed by atoms with Gasteiger partial charge >= 0.3 is 0 Å². The molecule has 0 unspecified atom stereocenters. The van der Waals surface area contributed by atoms with Crippen LogP contribution in [0.15, 0.2) is 35.4 Å². The average Bonchev–Trinajstić information content (AvgIpc) is 2.31. The van der Waals surface area contributed by atoms with Crippen molar-refractivity contribution in [3.05, 3.63) is 36.0 Å². The van der Waals surface area contributed by atoms with Gasteiger partial charge in [-0.05, 0) is 24.6 Å². The van der Waals surface area contributed by atoms with Crippen molar-refractivity contribution < 1.29 is 4.79 Å². The topological polar surface area (TPSA) is 32.3 Å². The van der Waals surface area contributed by atoms with Gasteiger partial charge in [-0.15, -0.1) is 11.8 Å². The fourth-order valence-electron chi connectivity index (χ4n) is 1.99. The first-order valence-electron chi connectivity index (χ1n) is 6.01. The lowest BCUT2D eigenvalue weighted by Crippen LogP contribution is -2.35. The summed E-state index contributed by atoms with van der Waals surface area (Å²) in [5.41, 5.74) is 3.55. The summed E-state index contributed by atoms with van der Waals surface area (Å²) in [6.07, 6.45) is 0. The van der Waals surface area contributed by atoms with E-state index in [1.54, 1.807) is 6.92 Å². The number of amides is 1. The molecule has 1 heterocycles. The van der Waals surface area contributed by atoms with E-state index >= 15 is 0 Å². The molecule has 0 aliphatic carbocycles. The second kappa shape index (κ2) is 5.48. The van der Waals surface area contributed by atoms with Crippen LogP contribution in [0.1, 0.15) is 12.5 Å². The molecular formula is C14H18N2OS. The van der Waals surface area contributed by atoms with Crippen LogP contribution >= 0.6 is 11.8 Å². The normalized spacial score (nSPS) is 14.3. The predicted octanol–water partition coefficient (Wildman–Crippen LogP) is 2.56. The maximum absolute atomic E-state index is 10.9. The Morgan fingerprint density at radius 1 is 1.56 bits per heavy atom. The molecule has 3 nitrogen and oxygen atoms in total. The molecule has 0 atom stereocenters. The van der Waals surface area contributed by atoms with E-state index in [9.17, 15) is 4.79 Å².